The highest BCUT2D eigenvalue weighted by Gasteiger charge is 2.33. The van der Waals surface area contributed by atoms with Gasteiger partial charge in [-0.3, -0.25) is 0 Å². The van der Waals surface area contributed by atoms with Crippen molar-refractivity contribution in [3.05, 3.63) is 0 Å². The topological polar surface area (TPSA) is 43.7 Å². The molecule has 0 spiro atoms. The van der Waals surface area contributed by atoms with E-state index in [0.29, 0.717) is 5.92 Å². The minimum absolute atomic E-state index is 0.110. The molecule has 2 rings (SSSR count). The second kappa shape index (κ2) is 5.03. The second-order valence-electron chi connectivity index (χ2n) is 5.89. The summed E-state index contributed by atoms with van der Waals surface area (Å²) in [6, 6.07) is 0. The highest BCUT2D eigenvalue weighted by atomic mass is 16.3. The predicted octanol–water partition coefficient (Wildman–Crippen LogP) is 1.38. The maximum absolute atomic E-state index is 10.3. The van der Waals surface area contributed by atoms with Gasteiger partial charge in [0.15, 0.2) is 0 Å². The SMILES string of the molecule is CN(CC1CCCC1O)CC1(O)CCCC1. The zero-order chi connectivity index (χ0) is 11.6. The molecule has 2 aliphatic carbocycles. The quantitative estimate of drug-likeness (QED) is 0.762. The van der Waals surface area contributed by atoms with E-state index in [1.165, 1.54) is 0 Å². The third-order valence-corrected chi connectivity index (χ3v) is 4.26. The Bertz CT molecular complexity index is 226. The van der Waals surface area contributed by atoms with Gasteiger partial charge in [-0.2, -0.15) is 0 Å². The number of nitrogens with zero attached hydrogens (tertiary/aromatic N) is 1. The molecular weight excluding hydrogens is 202 g/mol. The molecule has 0 aromatic rings. The van der Waals surface area contributed by atoms with Crippen molar-refractivity contribution in [2.24, 2.45) is 5.92 Å². The molecule has 94 valence electrons. The summed E-state index contributed by atoms with van der Waals surface area (Å²) in [5.74, 6) is 0.426. The molecule has 2 saturated carbocycles. The van der Waals surface area contributed by atoms with Crippen LogP contribution in [0.25, 0.3) is 0 Å². The third kappa shape index (κ3) is 2.96. The molecule has 2 atom stereocenters. The van der Waals surface area contributed by atoms with Crippen molar-refractivity contribution < 1.29 is 10.2 Å². The maximum Gasteiger partial charge on any atom is 0.0774 e. The molecule has 0 aromatic heterocycles. The first-order chi connectivity index (χ1) is 7.59. The minimum Gasteiger partial charge on any atom is -0.393 e. The van der Waals surface area contributed by atoms with Crippen molar-refractivity contribution in [1.82, 2.24) is 4.90 Å². The number of hydrogen-bond donors (Lipinski definition) is 2. The van der Waals surface area contributed by atoms with Gasteiger partial charge in [0, 0.05) is 13.1 Å². The highest BCUT2D eigenvalue weighted by molar-refractivity contribution is 4.88. The summed E-state index contributed by atoms with van der Waals surface area (Å²) in [5.41, 5.74) is -0.446. The molecule has 3 heteroatoms. The molecule has 2 aliphatic rings. The zero-order valence-electron chi connectivity index (χ0n) is 10.4. The van der Waals surface area contributed by atoms with Gasteiger partial charge in [0.25, 0.3) is 0 Å². The van der Waals surface area contributed by atoms with Gasteiger partial charge in [-0.05, 0) is 38.6 Å². The van der Waals surface area contributed by atoms with Crippen molar-refractivity contribution in [3.8, 4) is 0 Å². The molecule has 0 amide bonds. The lowest BCUT2D eigenvalue weighted by Crippen LogP contribution is -2.42. The Morgan fingerprint density at radius 3 is 2.44 bits per heavy atom. The van der Waals surface area contributed by atoms with Crippen molar-refractivity contribution in [3.63, 3.8) is 0 Å². The Kier molecular flexibility index (Phi) is 3.88. The molecule has 0 bridgehead atoms. The smallest absolute Gasteiger partial charge is 0.0774 e. The lowest BCUT2D eigenvalue weighted by atomic mass is 10.00. The first kappa shape index (κ1) is 12.3. The van der Waals surface area contributed by atoms with Crippen LogP contribution in [0.3, 0.4) is 0 Å². The van der Waals surface area contributed by atoms with Gasteiger partial charge in [0.1, 0.15) is 0 Å². The van der Waals surface area contributed by atoms with E-state index in [4.69, 9.17) is 0 Å². The zero-order valence-corrected chi connectivity index (χ0v) is 10.4. The molecule has 2 N–H and O–H groups in total. The van der Waals surface area contributed by atoms with Gasteiger partial charge >= 0.3 is 0 Å². The fraction of sp³-hybridized carbons (Fsp3) is 1.00. The molecule has 16 heavy (non-hydrogen) atoms. The lowest BCUT2D eigenvalue weighted by molar-refractivity contribution is 0.00693. The van der Waals surface area contributed by atoms with Crippen LogP contribution in [-0.2, 0) is 0 Å². The third-order valence-electron chi connectivity index (χ3n) is 4.26. The van der Waals surface area contributed by atoms with E-state index >= 15 is 0 Å². The standard InChI is InChI=1S/C13H25NO2/c1-14(9-11-5-4-6-12(11)15)10-13(16)7-2-3-8-13/h11-12,15-16H,2-10H2,1H3. The van der Waals surface area contributed by atoms with Gasteiger partial charge in [0.2, 0.25) is 0 Å². The average Bonchev–Trinajstić information content (AvgIpc) is 2.77. The van der Waals surface area contributed by atoms with Crippen LogP contribution < -0.4 is 0 Å². The lowest BCUT2D eigenvalue weighted by Gasteiger charge is -2.30. The van der Waals surface area contributed by atoms with Crippen molar-refractivity contribution in [1.29, 1.82) is 0 Å². The van der Waals surface area contributed by atoms with Crippen LogP contribution in [-0.4, -0.2) is 47.0 Å². The summed E-state index contributed by atoms with van der Waals surface area (Å²) in [6.07, 6.45) is 7.37. The Balaban J connectivity index is 1.77. The fourth-order valence-electron chi connectivity index (χ4n) is 3.39. The summed E-state index contributed by atoms with van der Waals surface area (Å²) in [7, 11) is 2.07. The summed E-state index contributed by atoms with van der Waals surface area (Å²) in [5, 5.41) is 20.1. The van der Waals surface area contributed by atoms with E-state index in [2.05, 4.69) is 11.9 Å². The summed E-state index contributed by atoms with van der Waals surface area (Å²) < 4.78 is 0. The van der Waals surface area contributed by atoms with Gasteiger partial charge in [-0.1, -0.05) is 19.3 Å². The van der Waals surface area contributed by atoms with Crippen molar-refractivity contribution in [2.75, 3.05) is 20.1 Å². The normalized spacial score (nSPS) is 33.8. The molecule has 0 aliphatic heterocycles. The van der Waals surface area contributed by atoms with Crippen molar-refractivity contribution in [2.45, 2.75) is 56.7 Å². The Labute approximate surface area is 98.5 Å². The van der Waals surface area contributed by atoms with Crippen LogP contribution in [0, 0.1) is 5.92 Å². The van der Waals surface area contributed by atoms with Crippen LogP contribution in [0.5, 0.6) is 0 Å². The summed E-state index contributed by atoms with van der Waals surface area (Å²) in [6.45, 7) is 1.71. The Morgan fingerprint density at radius 1 is 1.19 bits per heavy atom. The number of hydrogen-bond acceptors (Lipinski definition) is 3. The summed E-state index contributed by atoms with van der Waals surface area (Å²) >= 11 is 0. The van der Waals surface area contributed by atoms with Crippen LogP contribution >= 0.6 is 0 Å². The maximum atomic E-state index is 10.3. The largest absolute Gasteiger partial charge is 0.393 e. The van der Waals surface area contributed by atoms with Crippen LogP contribution in [0.2, 0.25) is 0 Å². The molecule has 0 saturated heterocycles. The van der Waals surface area contributed by atoms with E-state index < -0.39 is 5.60 Å². The average molecular weight is 227 g/mol. The predicted molar refractivity (Wildman–Crippen MR) is 64.3 cm³/mol. The second-order valence-corrected chi connectivity index (χ2v) is 5.89. The molecule has 3 nitrogen and oxygen atoms in total. The Morgan fingerprint density at radius 2 is 1.88 bits per heavy atom. The van der Waals surface area contributed by atoms with Gasteiger partial charge < -0.3 is 15.1 Å². The van der Waals surface area contributed by atoms with Crippen molar-refractivity contribution >= 4 is 0 Å². The number of rotatable bonds is 4. The Hall–Kier alpha value is -0.120. The van der Waals surface area contributed by atoms with Gasteiger partial charge in [0.05, 0.1) is 11.7 Å². The number of likely N-dealkylation sites (N-methyl/N-ethyl adjacent to an activating group) is 1. The first-order valence-electron chi connectivity index (χ1n) is 6.68. The first-order valence-corrected chi connectivity index (χ1v) is 6.68. The molecule has 0 radical (unpaired) electrons. The van der Waals surface area contributed by atoms with E-state index in [1.807, 2.05) is 0 Å². The molecule has 2 fully saturated rings. The number of aliphatic hydroxyl groups excluding tert-OH is 1. The van der Waals surface area contributed by atoms with Gasteiger partial charge in [-0.15, -0.1) is 0 Å². The molecule has 0 aromatic carbocycles. The van der Waals surface area contributed by atoms with Gasteiger partial charge in [-0.25, -0.2) is 0 Å². The number of aliphatic hydroxyl groups is 2. The van der Waals surface area contributed by atoms with E-state index in [-0.39, 0.29) is 6.10 Å². The molecule has 0 heterocycles. The van der Waals surface area contributed by atoms with Crippen LogP contribution in [0.4, 0.5) is 0 Å². The molecular formula is C13H25NO2. The van der Waals surface area contributed by atoms with E-state index in [1.54, 1.807) is 0 Å². The molecule has 2 unspecified atom stereocenters. The van der Waals surface area contributed by atoms with Crippen LogP contribution in [0.1, 0.15) is 44.9 Å². The summed E-state index contributed by atoms with van der Waals surface area (Å²) in [4.78, 5) is 2.21. The van der Waals surface area contributed by atoms with E-state index in [0.717, 1.165) is 58.0 Å². The monoisotopic (exact) mass is 227 g/mol. The fourth-order valence-corrected chi connectivity index (χ4v) is 3.39. The highest BCUT2D eigenvalue weighted by Crippen LogP contribution is 2.31. The van der Waals surface area contributed by atoms with Crippen LogP contribution in [0.15, 0.2) is 0 Å². The van der Waals surface area contributed by atoms with E-state index in [9.17, 15) is 10.2 Å². The minimum atomic E-state index is -0.446.